The monoisotopic (exact) mass is 199 g/mol. The molecule has 0 radical (unpaired) electrons. The summed E-state index contributed by atoms with van der Waals surface area (Å²) in [6.07, 6.45) is 1.32. The van der Waals surface area contributed by atoms with Crippen LogP contribution in [0.25, 0.3) is 0 Å². The van der Waals surface area contributed by atoms with Gasteiger partial charge in [-0.15, -0.1) is 0 Å². The van der Waals surface area contributed by atoms with E-state index in [4.69, 9.17) is 9.84 Å². The lowest BCUT2D eigenvalue weighted by molar-refractivity contribution is 0.0698. The zero-order valence-corrected chi connectivity index (χ0v) is 8.15. The molecule has 78 valence electrons. The molecule has 0 amide bonds. The van der Waals surface area contributed by atoms with Gasteiger partial charge in [-0.05, 0) is 0 Å². The second-order valence-electron chi connectivity index (χ2n) is 2.76. The second kappa shape index (κ2) is 4.61. The molecule has 0 aliphatic carbocycles. The predicted molar refractivity (Wildman–Crippen MR) is 50.5 cm³/mol. The van der Waals surface area contributed by atoms with E-state index in [9.17, 15) is 4.79 Å². The minimum Gasteiger partial charge on any atom is -0.477 e. The first-order valence-electron chi connectivity index (χ1n) is 4.15. The quantitative estimate of drug-likeness (QED) is 0.661. The van der Waals surface area contributed by atoms with E-state index in [1.165, 1.54) is 10.9 Å². The fourth-order valence-electron chi connectivity index (χ4n) is 1.08. The Kier molecular flexibility index (Phi) is 3.47. The van der Waals surface area contributed by atoms with E-state index in [1.807, 2.05) is 0 Å². The van der Waals surface area contributed by atoms with E-state index < -0.39 is 5.97 Å². The molecule has 0 aliphatic rings. The number of anilines is 1. The molecule has 6 nitrogen and oxygen atoms in total. The Hall–Kier alpha value is -1.56. The number of aryl methyl sites for hydroxylation is 1. The number of nitrogens with zero attached hydrogens (tertiary/aromatic N) is 2. The minimum absolute atomic E-state index is 0.170. The maximum atomic E-state index is 10.7. The van der Waals surface area contributed by atoms with Gasteiger partial charge in [-0.25, -0.2) is 4.79 Å². The Labute approximate surface area is 81.5 Å². The number of nitrogens with one attached hydrogen (secondary N) is 1. The average molecular weight is 199 g/mol. The van der Waals surface area contributed by atoms with Crippen LogP contribution in [0.15, 0.2) is 6.20 Å². The summed E-state index contributed by atoms with van der Waals surface area (Å²) in [5.41, 5.74) is 0.170. The van der Waals surface area contributed by atoms with E-state index in [2.05, 4.69) is 10.4 Å². The lowest BCUT2D eigenvalue weighted by Crippen LogP contribution is -2.13. The fourth-order valence-corrected chi connectivity index (χ4v) is 1.08. The van der Waals surface area contributed by atoms with Crippen LogP contribution < -0.4 is 5.32 Å². The molecule has 14 heavy (non-hydrogen) atoms. The van der Waals surface area contributed by atoms with Crippen LogP contribution in [0.5, 0.6) is 0 Å². The topological polar surface area (TPSA) is 76.4 Å². The molecule has 0 spiro atoms. The molecule has 0 saturated heterocycles. The minimum atomic E-state index is -0.988. The molecule has 1 aromatic heterocycles. The van der Waals surface area contributed by atoms with Gasteiger partial charge in [0.2, 0.25) is 0 Å². The summed E-state index contributed by atoms with van der Waals surface area (Å²) in [6, 6.07) is 0. The molecule has 6 heteroatoms. The highest BCUT2D eigenvalue weighted by Crippen LogP contribution is 2.12. The molecular weight excluding hydrogens is 186 g/mol. The Bertz CT molecular complexity index is 322. The summed E-state index contributed by atoms with van der Waals surface area (Å²) in [5.74, 6) is -0.493. The van der Waals surface area contributed by atoms with Gasteiger partial charge >= 0.3 is 5.97 Å². The first-order valence-corrected chi connectivity index (χ1v) is 4.15. The number of carboxylic acids is 1. The Morgan fingerprint density at radius 2 is 2.50 bits per heavy atom. The summed E-state index contributed by atoms with van der Waals surface area (Å²) in [5, 5.41) is 15.6. The molecule has 0 aliphatic heterocycles. The molecule has 0 aromatic carbocycles. The van der Waals surface area contributed by atoms with Crippen LogP contribution in [-0.2, 0) is 11.8 Å². The van der Waals surface area contributed by atoms with Crippen LogP contribution in [0, 0.1) is 0 Å². The molecule has 0 atom stereocenters. The Morgan fingerprint density at radius 1 is 1.79 bits per heavy atom. The van der Waals surface area contributed by atoms with Gasteiger partial charge in [0, 0.05) is 20.7 Å². The largest absolute Gasteiger partial charge is 0.477 e. The number of methoxy groups -OCH3 is 1. The van der Waals surface area contributed by atoms with Crippen molar-refractivity contribution in [1.29, 1.82) is 0 Å². The lowest BCUT2D eigenvalue weighted by atomic mass is 10.3. The van der Waals surface area contributed by atoms with Crippen molar-refractivity contribution in [1.82, 2.24) is 9.78 Å². The number of rotatable bonds is 5. The second-order valence-corrected chi connectivity index (χ2v) is 2.76. The number of carboxylic acid groups (broad SMARTS) is 1. The fraction of sp³-hybridized carbons (Fsp3) is 0.500. The highest BCUT2D eigenvalue weighted by atomic mass is 16.5. The van der Waals surface area contributed by atoms with Crippen molar-refractivity contribution in [2.24, 2.45) is 7.05 Å². The maximum absolute atomic E-state index is 10.7. The predicted octanol–water partition coefficient (Wildman–Crippen LogP) is 0.177. The normalized spacial score (nSPS) is 10.1. The van der Waals surface area contributed by atoms with Crippen molar-refractivity contribution in [2.75, 3.05) is 25.6 Å². The van der Waals surface area contributed by atoms with Crippen molar-refractivity contribution in [3.05, 3.63) is 11.8 Å². The highest BCUT2D eigenvalue weighted by molar-refractivity contribution is 5.92. The van der Waals surface area contributed by atoms with Crippen LogP contribution >= 0.6 is 0 Å². The van der Waals surface area contributed by atoms with Crippen molar-refractivity contribution >= 4 is 11.8 Å². The highest BCUT2D eigenvalue weighted by Gasteiger charge is 2.13. The third-order valence-electron chi connectivity index (χ3n) is 1.77. The van der Waals surface area contributed by atoms with Crippen molar-refractivity contribution in [3.63, 3.8) is 0 Å². The van der Waals surface area contributed by atoms with Gasteiger partial charge in [0.15, 0.2) is 0 Å². The standard InChI is InChI=1S/C8H13N3O3/c1-11-7(9-3-4-14-2)6(5-10-11)8(12)13/h5,9H,3-4H2,1-2H3,(H,12,13). The lowest BCUT2D eigenvalue weighted by Gasteiger charge is -2.06. The van der Waals surface area contributed by atoms with Gasteiger partial charge in [-0.3, -0.25) is 4.68 Å². The van der Waals surface area contributed by atoms with Crippen molar-refractivity contribution < 1.29 is 14.6 Å². The van der Waals surface area contributed by atoms with E-state index >= 15 is 0 Å². The van der Waals surface area contributed by atoms with E-state index in [-0.39, 0.29) is 5.56 Å². The first kappa shape index (κ1) is 10.5. The molecular formula is C8H13N3O3. The summed E-state index contributed by atoms with van der Waals surface area (Å²) in [4.78, 5) is 10.7. The SMILES string of the molecule is COCCNc1c(C(=O)O)cnn1C. The Balaban J connectivity index is 2.72. The van der Waals surface area contributed by atoms with Crippen LogP contribution in [0.2, 0.25) is 0 Å². The molecule has 1 aromatic rings. The summed E-state index contributed by atoms with van der Waals surface area (Å²) >= 11 is 0. The zero-order chi connectivity index (χ0) is 10.6. The number of hydrogen-bond donors (Lipinski definition) is 2. The molecule has 0 saturated carbocycles. The number of hydrogen-bond acceptors (Lipinski definition) is 4. The molecule has 1 rings (SSSR count). The number of aromatic nitrogens is 2. The first-order chi connectivity index (χ1) is 6.66. The van der Waals surface area contributed by atoms with Gasteiger partial charge in [0.1, 0.15) is 11.4 Å². The molecule has 0 fully saturated rings. The summed E-state index contributed by atoms with van der Waals surface area (Å²) in [6.45, 7) is 1.07. The van der Waals surface area contributed by atoms with Gasteiger partial charge in [-0.2, -0.15) is 5.10 Å². The zero-order valence-electron chi connectivity index (χ0n) is 8.15. The van der Waals surface area contributed by atoms with Crippen LogP contribution in [-0.4, -0.2) is 41.1 Å². The molecule has 0 bridgehead atoms. The number of ether oxygens (including phenoxy) is 1. The summed E-state index contributed by atoms with van der Waals surface area (Å²) < 4.78 is 6.33. The third-order valence-corrected chi connectivity index (χ3v) is 1.77. The van der Waals surface area contributed by atoms with E-state index in [0.29, 0.717) is 19.0 Å². The smallest absolute Gasteiger partial charge is 0.341 e. The van der Waals surface area contributed by atoms with Crippen molar-refractivity contribution in [3.8, 4) is 0 Å². The van der Waals surface area contributed by atoms with Gasteiger partial charge in [0.05, 0.1) is 12.8 Å². The van der Waals surface area contributed by atoms with E-state index in [0.717, 1.165) is 0 Å². The van der Waals surface area contributed by atoms with Gasteiger partial charge in [0.25, 0.3) is 0 Å². The van der Waals surface area contributed by atoms with Gasteiger partial charge < -0.3 is 15.2 Å². The van der Waals surface area contributed by atoms with Gasteiger partial charge in [-0.1, -0.05) is 0 Å². The third kappa shape index (κ3) is 2.23. The average Bonchev–Trinajstić information content (AvgIpc) is 2.48. The summed E-state index contributed by atoms with van der Waals surface area (Å²) in [7, 11) is 3.27. The maximum Gasteiger partial charge on any atom is 0.341 e. The Morgan fingerprint density at radius 3 is 3.07 bits per heavy atom. The molecule has 1 heterocycles. The van der Waals surface area contributed by atoms with Crippen molar-refractivity contribution in [2.45, 2.75) is 0 Å². The molecule has 0 unspecified atom stereocenters. The number of carbonyl (C=O) groups is 1. The van der Waals surface area contributed by atoms with Crippen LogP contribution in [0.4, 0.5) is 5.82 Å². The molecule has 2 N–H and O–H groups in total. The van der Waals surface area contributed by atoms with Crippen LogP contribution in [0.3, 0.4) is 0 Å². The van der Waals surface area contributed by atoms with Crippen LogP contribution in [0.1, 0.15) is 10.4 Å². The number of aromatic carboxylic acids is 1. The van der Waals surface area contributed by atoms with E-state index in [1.54, 1.807) is 14.2 Å².